The topological polar surface area (TPSA) is 60.0 Å². The molecule has 6 nitrogen and oxygen atoms in total. The molecule has 31 heavy (non-hydrogen) atoms. The van der Waals surface area contributed by atoms with Gasteiger partial charge >= 0.3 is 0 Å². The number of benzene rings is 1. The molecule has 1 unspecified atom stereocenters. The Labute approximate surface area is 206 Å². The third-order valence-electron chi connectivity index (χ3n) is 6.10. The molecule has 0 saturated carbocycles. The number of hydrogen-bond donors (Lipinski definition) is 2. The van der Waals surface area contributed by atoms with Gasteiger partial charge < -0.3 is 15.5 Å². The lowest BCUT2D eigenvalue weighted by atomic mass is 9.93. The molecule has 1 amide bonds. The Morgan fingerprint density at radius 3 is 2.35 bits per heavy atom. The monoisotopic (exact) mass is 543 g/mol. The number of piperidine rings is 1. The van der Waals surface area contributed by atoms with Gasteiger partial charge in [-0.2, -0.15) is 0 Å². The highest BCUT2D eigenvalue weighted by atomic mass is 127. The van der Waals surface area contributed by atoms with E-state index in [1.165, 1.54) is 5.56 Å². The summed E-state index contributed by atoms with van der Waals surface area (Å²) in [6.45, 7) is 12.2. The Hall–Kier alpha value is -1.35. The van der Waals surface area contributed by atoms with Gasteiger partial charge in [-0.3, -0.25) is 14.7 Å². The summed E-state index contributed by atoms with van der Waals surface area (Å²) in [5.74, 6) is 1.64. The van der Waals surface area contributed by atoms with Crippen molar-refractivity contribution in [3.05, 3.63) is 35.9 Å². The number of likely N-dealkylation sites (N-methyl/N-ethyl adjacent to an activating group) is 1. The molecule has 7 heteroatoms. The van der Waals surface area contributed by atoms with E-state index in [4.69, 9.17) is 4.99 Å². The fourth-order valence-electron chi connectivity index (χ4n) is 4.27. The average Bonchev–Trinajstić information content (AvgIpc) is 2.78. The van der Waals surface area contributed by atoms with E-state index in [0.29, 0.717) is 18.4 Å². The number of carbonyl (C=O) groups excluding carboxylic acids is 1. The van der Waals surface area contributed by atoms with E-state index in [9.17, 15) is 4.79 Å². The van der Waals surface area contributed by atoms with Gasteiger partial charge in [-0.25, -0.2) is 0 Å². The van der Waals surface area contributed by atoms with Gasteiger partial charge in [0.15, 0.2) is 5.96 Å². The predicted octanol–water partition coefficient (Wildman–Crippen LogP) is 3.37. The van der Waals surface area contributed by atoms with Crippen molar-refractivity contribution in [2.45, 2.75) is 52.5 Å². The van der Waals surface area contributed by atoms with E-state index < -0.39 is 0 Å². The van der Waals surface area contributed by atoms with Crippen molar-refractivity contribution < 1.29 is 4.79 Å². The normalized spacial score (nSPS) is 16.0. The van der Waals surface area contributed by atoms with Crippen LogP contribution in [0.4, 0.5) is 0 Å². The number of hydrogen-bond acceptors (Lipinski definition) is 3. The average molecular weight is 544 g/mol. The van der Waals surface area contributed by atoms with Crippen LogP contribution < -0.4 is 10.6 Å². The van der Waals surface area contributed by atoms with E-state index in [1.807, 2.05) is 0 Å². The lowest BCUT2D eigenvalue weighted by Gasteiger charge is -2.35. The highest BCUT2D eigenvalue weighted by Crippen LogP contribution is 2.20. The molecule has 2 rings (SSSR count). The third-order valence-corrected chi connectivity index (χ3v) is 6.10. The molecule has 1 atom stereocenters. The first-order chi connectivity index (χ1) is 14.6. The van der Waals surface area contributed by atoms with Gasteiger partial charge in [0.05, 0.1) is 6.54 Å². The van der Waals surface area contributed by atoms with Gasteiger partial charge in [0.2, 0.25) is 5.91 Å². The Morgan fingerprint density at radius 2 is 1.81 bits per heavy atom. The SMILES string of the molecule is CCNC(=NCC(Cc1ccccc1)N(CC)CC)N1CCC(CC(=O)NC)CC1.I. The van der Waals surface area contributed by atoms with Gasteiger partial charge in [-0.05, 0) is 50.8 Å². The number of likely N-dealkylation sites (tertiary alicyclic amines) is 1. The maximum Gasteiger partial charge on any atom is 0.220 e. The van der Waals surface area contributed by atoms with E-state index in [0.717, 1.165) is 64.5 Å². The van der Waals surface area contributed by atoms with Crippen molar-refractivity contribution in [3.8, 4) is 0 Å². The van der Waals surface area contributed by atoms with E-state index in [1.54, 1.807) is 7.05 Å². The van der Waals surface area contributed by atoms with Crippen LogP contribution in [0.1, 0.15) is 45.6 Å². The molecule has 1 aromatic rings. The van der Waals surface area contributed by atoms with Crippen LogP contribution in [0, 0.1) is 5.92 Å². The molecule has 1 aromatic carbocycles. The number of guanidine groups is 1. The smallest absolute Gasteiger partial charge is 0.220 e. The van der Waals surface area contributed by atoms with Gasteiger partial charge in [-0.1, -0.05) is 44.2 Å². The summed E-state index contributed by atoms with van der Waals surface area (Å²) in [5, 5.41) is 6.24. The van der Waals surface area contributed by atoms with Crippen molar-refractivity contribution in [1.29, 1.82) is 0 Å². The van der Waals surface area contributed by atoms with Crippen molar-refractivity contribution in [3.63, 3.8) is 0 Å². The van der Waals surface area contributed by atoms with Gasteiger partial charge in [-0.15, -0.1) is 24.0 Å². The second kappa shape index (κ2) is 15.5. The molecule has 1 aliphatic heterocycles. The number of rotatable bonds is 10. The van der Waals surface area contributed by atoms with Crippen molar-refractivity contribution >= 4 is 35.8 Å². The molecule has 1 heterocycles. The number of nitrogens with one attached hydrogen (secondary N) is 2. The summed E-state index contributed by atoms with van der Waals surface area (Å²) < 4.78 is 0. The zero-order chi connectivity index (χ0) is 21.8. The van der Waals surface area contributed by atoms with Gasteiger partial charge in [0, 0.05) is 39.1 Å². The van der Waals surface area contributed by atoms with E-state index >= 15 is 0 Å². The van der Waals surface area contributed by atoms with Crippen LogP contribution in [-0.2, 0) is 11.2 Å². The molecule has 0 bridgehead atoms. The molecule has 2 N–H and O–H groups in total. The lowest BCUT2D eigenvalue weighted by molar-refractivity contribution is -0.121. The first kappa shape index (κ1) is 27.7. The second-order valence-corrected chi connectivity index (χ2v) is 8.07. The minimum atomic E-state index is 0. The molecule has 0 aliphatic carbocycles. The molecule has 1 fully saturated rings. The Balaban J connectivity index is 0.00000480. The molecule has 1 aliphatic rings. The maximum atomic E-state index is 11.7. The molecular formula is C24H42IN5O. The first-order valence-electron chi connectivity index (χ1n) is 11.6. The zero-order valence-corrected chi connectivity index (χ0v) is 22.1. The molecular weight excluding hydrogens is 501 g/mol. The Bertz CT molecular complexity index is 643. The largest absolute Gasteiger partial charge is 0.359 e. The van der Waals surface area contributed by atoms with E-state index in [2.05, 4.69) is 71.5 Å². The van der Waals surface area contributed by atoms with Gasteiger partial charge in [0.1, 0.15) is 0 Å². The van der Waals surface area contributed by atoms with Crippen LogP contribution in [-0.4, -0.2) is 74.0 Å². The van der Waals surface area contributed by atoms with Crippen LogP contribution in [0.25, 0.3) is 0 Å². The van der Waals surface area contributed by atoms with Crippen LogP contribution in [0.5, 0.6) is 0 Å². The molecule has 0 aromatic heterocycles. The summed E-state index contributed by atoms with van der Waals surface area (Å²) >= 11 is 0. The molecule has 0 spiro atoms. The minimum Gasteiger partial charge on any atom is -0.359 e. The highest BCUT2D eigenvalue weighted by Gasteiger charge is 2.24. The van der Waals surface area contributed by atoms with Crippen molar-refractivity contribution in [2.75, 3.05) is 46.3 Å². The fourth-order valence-corrected chi connectivity index (χ4v) is 4.27. The van der Waals surface area contributed by atoms with Crippen molar-refractivity contribution in [2.24, 2.45) is 10.9 Å². The standard InChI is InChI=1S/C24H41N5O.HI/c1-5-26-24(29-15-13-21(14-16-29)18-23(30)25-4)27-19-22(28(6-2)7-3)17-20-11-9-8-10-12-20;/h8-12,21-22H,5-7,13-19H2,1-4H3,(H,25,30)(H,26,27);1H. The van der Waals surface area contributed by atoms with Crippen LogP contribution in [0.15, 0.2) is 35.3 Å². The van der Waals surface area contributed by atoms with Crippen LogP contribution in [0.3, 0.4) is 0 Å². The number of nitrogens with zero attached hydrogens (tertiary/aromatic N) is 3. The Kier molecular flexibility index (Phi) is 13.8. The first-order valence-corrected chi connectivity index (χ1v) is 11.6. The number of carbonyl (C=O) groups is 1. The summed E-state index contributed by atoms with van der Waals surface area (Å²) in [6, 6.07) is 11.1. The van der Waals surface area contributed by atoms with Crippen LogP contribution in [0.2, 0.25) is 0 Å². The number of amides is 1. The van der Waals surface area contributed by atoms with E-state index in [-0.39, 0.29) is 29.9 Å². The second-order valence-electron chi connectivity index (χ2n) is 8.07. The third kappa shape index (κ3) is 9.35. The van der Waals surface area contributed by atoms with Crippen molar-refractivity contribution in [1.82, 2.24) is 20.4 Å². The Morgan fingerprint density at radius 1 is 1.16 bits per heavy atom. The summed E-state index contributed by atoms with van der Waals surface area (Å²) in [5.41, 5.74) is 1.37. The number of halogens is 1. The summed E-state index contributed by atoms with van der Waals surface area (Å²) in [7, 11) is 1.72. The number of aliphatic imine (C=N–C) groups is 1. The van der Waals surface area contributed by atoms with Crippen LogP contribution >= 0.6 is 24.0 Å². The minimum absolute atomic E-state index is 0. The summed E-state index contributed by atoms with van der Waals surface area (Å²) in [6.07, 6.45) is 3.74. The molecule has 0 radical (unpaired) electrons. The zero-order valence-electron chi connectivity index (χ0n) is 19.8. The molecule has 1 saturated heterocycles. The highest BCUT2D eigenvalue weighted by molar-refractivity contribution is 14.0. The predicted molar refractivity (Wildman–Crippen MR) is 141 cm³/mol. The summed E-state index contributed by atoms with van der Waals surface area (Å²) in [4.78, 5) is 21.6. The lowest BCUT2D eigenvalue weighted by Crippen LogP contribution is -2.47. The molecule has 176 valence electrons. The maximum absolute atomic E-state index is 11.7. The van der Waals surface area contributed by atoms with Gasteiger partial charge in [0.25, 0.3) is 0 Å². The quantitative estimate of drug-likeness (QED) is 0.270. The fraction of sp³-hybridized carbons (Fsp3) is 0.667.